The van der Waals surface area contributed by atoms with Crippen molar-refractivity contribution in [3.05, 3.63) is 131 Å². The summed E-state index contributed by atoms with van der Waals surface area (Å²) in [6.07, 6.45) is 3.52. The Morgan fingerprint density at radius 1 is 0.575 bits per heavy atom. The Morgan fingerprint density at radius 2 is 0.900 bits per heavy atom. The molecule has 2 radical (unpaired) electrons. The monoisotopic (exact) mass is 668 g/mol. The Morgan fingerprint density at radius 3 is 1.20 bits per heavy atom. The first-order valence-electron chi connectivity index (χ1n) is 11.3. The number of rotatable bonds is 8. The number of aromatic nitrogens is 2. The van der Waals surface area contributed by atoms with Gasteiger partial charge in [0.1, 0.15) is 0 Å². The third kappa shape index (κ3) is 18.2. The van der Waals surface area contributed by atoms with Crippen LogP contribution in [0.4, 0.5) is 0 Å². The first-order chi connectivity index (χ1) is 18.5. The fourth-order valence-electron chi connectivity index (χ4n) is 2.96. The van der Waals surface area contributed by atoms with E-state index < -0.39 is 0 Å². The molecule has 2 aromatic carbocycles. The van der Waals surface area contributed by atoms with Crippen molar-refractivity contribution in [2.45, 2.75) is 26.2 Å². The van der Waals surface area contributed by atoms with E-state index in [1.54, 1.807) is 36.7 Å². The van der Waals surface area contributed by atoms with Gasteiger partial charge in [-0.2, -0.15) is 10.3 Å². The first-order valence-corrected chi connectivity index (χ1v) is 12.1. The van der Waals surface area contributed by atoms with Gasteiger partial charge in [-0.1, -0.05) is 85.1 Å². The molecule has 0 spiro atoms. The topological polar surface area (TPSA) is 141 Å². The van der Waals surface area contributed by atoms with Crippen LogP contribution in [0.15, 0.2) is 97.3 Å². The second-order valence-corrected chi connectivity index (χ2v) is 7.61. The van der Waals surface area contributed by atoms with Crippen LogP contribution < -0.4 is 20.8 Å². The van der Waals surface area contributed by atoms with Crippen LogP contribution in [0.25, 0.3) is 10.8 Å². The smallest absolute Gasteiger partial charge is 0.872 e. The summed E-state index contributed by atoms with van der Waals surface area (Å²) in [5.41, 5.74) is 3.54. The second-order valence-electron chi connectivity index (χ2n) is 7.25. The minimum atomic E-state index is 0. The van der Waals surface area contributed by atoms with Crippen LogP contribution in [0.3, 0.4) is 0 Å². The van der Waals surface area contributed by atoms with E-state index >= 15 is 0 Å². The van der Waals surface area contributed by atoms with E-state index in [1.165, 1.54) is 10.3 Å². The zero-order chi connectivity index (χ0) is 27.8. The number of isothiocyanates is 2. The van der Waals surface area contributed by atoms with E-state index in [9.17, 15) is 10.2 Å². The minimum Gasteiger partial charge on any atom is -0.872 e. The van der Waals surface area contributed by atoms with Crippen LogP contribution in [0, 0.1) is 0 Å². The Hall–Kier alpha value is -3.10. The first kappa shape index (κ1) is 39.0. The SMILES string of the molecule is [Cu+2].[Cu+2].[N-]=C=S.[N-]=C=S.[O-]c1ccccc1CNCc1ccccn1.[O-]c1ccccc1CNCc1ccccn1. The molecule has 0 aliphatic rings. The van der Waals surface area contributed by atoms with Crippen molar-refractivity contribution < 1.29 is 44.4 Å². The molecule has 0 aliphatic carbocycles. The number of thiocarbonyl (C=S) groups is 2. The van der Waals surface area contributed by atoms with Gasteiger partial charge in [0.25, 0.3) is 0 Å². The van der Waals surface area contributed by atoms with Gasteiger partial charge in [-0.3, -0.25) is 9.97 Å². The van der Waals surface area contributed by atoms with Crippen LogP contribution >= 0.6 is 24.4 Å². The Bertz CT molecular complexity index is 1160. The molecule has 4 aromatic rings. The van der Waals surface area contributed by atoms with Crippen LogP contribution in [-0.2, 0) is 60.3 Å². The van der Waals surface area contributed by atoms with Crippen molar-refractivity contribution in [3.63, 3.8) is 0 Å². The van der Waals surface area contributed by atoms with Gasteiger partial charge in [0, 0.05) is 38.6 Å². The molecular weight excluding hydrogens is 644 g/mol. The Labute approximate surface area is 266 Å². The van der Waals surface area contributed by atoms with Gasteiger partial charge in [-0.15, -0.1) is 11.5 Å². The third-order valence-electron chi connectivity index (χ3n) is 4.64. The van der Waals surface area contributed by atoms with Gasteiger partial charge < -0.3 is 31.7 Å². The van der Waals surface area contributed by atoms with E-state index in [-0.39, 0.29) is 45.6 Å². The molecule has 2 heterocycles. The van der Waals surface area contributed by atoms with Gasteiger partial charge in [-0.05, 0) is 35.4 Å². The van der Waals surface area contributed by atoms with E-state index in [1.807, 2.05) is 60.7 Å². The summed E-state index contributed by atoms with van der Waals surface area (Å²) < 4.78 is 0. The summed E-state index contributed by atoms with van der Waals surface area (Å²) in [7, 11) is 0. The summed E-state index contributed by atoms with van der Waals surface area (Å²) in [4.78, 5) is 8.38. The van der Waals surface area contributed by atoms with Gasteiger partial charge in [0.2, 0.25) is 0 Å². The molecule has 40 heavy (non-hydrogen) atoms. The van der Waals surface area contributed by atoms with Crippen LogP contribution in [0.1, 0.15) is 22.5 Å². The zero-order valence-electron chi connectivity index (χ0n) is 21.1. The average Bonchev–Trinajstić information content (AvgIpc) is 2.93. The zero-order valence-corrected chi connectivity index (χ0v) is 24.6. The van der Waals surface area contributed by atoms with Crippen molar-refractivity contribution in [1.29, 1.82) is 0 Å². The molecule has 4 rings (SSSR count). The van der Waals surface area contributed by atoms with Crippen LogP contribution in [0.2, 0.25) is 0 Å². The normalized spacial score (nSPS) is 8.60. The summed E-state index contributed by atoms with van der Waals surface area (Å²) in [6.45, 7) is 2.51. The van der Waals surface area contributed by atoms with E-state index in [0.717, 1.165) is 22.5 Å². The average molecular weight is 670 g/mol. The van der Waals surface area contributed by atoms with Gasteiger partial charge in [0.05, 0.1) is 11.4 Å². The maximum Gasteiger partial charge on any atom is 2.00 e. The summed E-state index contributed by atoms with van der Waals surface area (Å²) in [5.74, 6) is 0.159. The molecule has 0 saturated carbocycles. The van der Waals surface area contributed by atoms with Crippen molar-refractivity contribution in [2.75, 3.05) is 0 Å². The quantitative estimate of drug-likeness (QED) is 0.162. The van der Waals surface area contributed by atoms with E-state index in [4.69, 9.17) is 10.8 Å². The third-order valence-corrected chi connectivity index (χ3v) is 4.64. The van der Waals surface area contributed by atoms with Crippen molar-refractivity contribution in [2.24, 2.45) is 0 Å². The largest absolute Gasteiger partial charge is 2.00 e. The summed E-state index contributed by atoms with van der Waals surface area (Å²) in [6, 6.07) is 25.7. The standard InChI is InChI=1S/2C13H14N2O.2CNS.2Cu/c2*16-13-7-2-1-5-11(13)9-14-10-12-6-3-4-8-15-12;2*2-1-3;;/h2*1-8,14,16H,9-10H2;;;;/q;;2*-1;2*+2/p-2. The molecule has 0 atom stereocenters. The molecule has 2 aromatic heterocycles. The molecule has 0 fully saturated rings. The minimum absolute atomic E-state index is 0. The predicted octanol–water partition coefficient (Wildman–Crippen LogP) is 4.20. The molecule has 214 valence electrons. The molecule has 12 heteroatoms. The number of para-hydroxylation sites is 2. The van der Waals surface area contributed by atoms with Crippen molar-refractivity contribution in [3.8, 4) is 11.5 Å². The van der Waals surface area contributed by atoms with Crippen molar-refractivity contribution in [1.82, 2.24) is 20.6 Å². The maximum absolute atomic E-state index is 11.4. The molecule has 0 bridgehead atoms. The number of hydrogen-bond donors (Lipinski definition) is 2. The van der Waals surface area contributed by atoms with Crippen LogP contribution in [-0.4, -0.2) is 20.3 Å². The number of hydrogen-bond acceptors (Lipinski definition) is 8. The fraction of sp³-hybridized carbons (Fsp3) is 0.143. The second kappa shape index (κ2) is 26.1. The van der Waals surface area contributed by atoms with Gasteiger partial charge >= 0.3 is 34.1 Å². The number of benzene rings is 2. The van der Waals surface area contributed by atoms with Gasteiger partial charge in [0.15, 0.2) is 0 Å². The molecular formula is C28H26Cu2N6O2S2. The number of nitrogens with one attached hydrogen (secondary N) is 2. The Kier molecular flexibility index (Phi) is 25.5. The summed E-state index contributed by atoms with van der Waals surface area (Å²) in [5, 5.41) is 46.1. The van der Waals surface area contributed by atoms with Crippen molar-refractivity contribution >= 4 is 34.8 Å². The number of nitrogens with zero attached hydrogens (tertiary/aromatic N) is 4. The maximum atomic E-state index is 11.4. The number of pyridine rings is 2. The molecule has 0 aliphatic heterocycles. The molecule has 2 N–H and O–H groups in total. The molecule has 0 saturated heterocycles. The van der Waals surface area contributed by atoms with E-state index in [0.29, 0.717) is 26.2 Å². The molecule has 0 unspecified atom stereocenters. The van der Waals surface area contributed by atoms with Gasteiger partial charge in [-0.25, -0.2) is 0 Å². The van der Waals surface area contributed by atoms with E-state index in [2.05, 4.69) is 45.0 Å². The van der Waals surface area contributed by atoms with Crippen LogP contribution in [0.5, 0.6) is 11.5 Å². The Balaban J connectivity index is 0. The summed E-state index contributed by atoms with van der Waals surface area (Å²) >= 11 is 7.40. The fourth-order valence-corrected chi connectivity index (χ4v) is 2.96. The predicted molar refractivity (Wildman–Crippen MR) is 153 cm³/mol. The molecule has 0 amide bonds. The molecule has 8 nitrogen and oxygen atoms in total.